The summed E-state index contributed by atoms with van der Waals surface area (Å²) in [6, 6.07) is 2.82. The zero-order chi connectivity index (χ0) is 17.0. The van der Waals surface area contributed by atoms with Gasteiger partial charge in [0.15, 0.2) is 5.11 Å². The van der Waals surface area contributed by atoms with E-state index in [1.807, 2.05) is 13.8 Å². The Kier molecular flexibility index (Phi) is 5.19. The Hall–Kier alpha value is -2.59. The molecule has 0 aromatic carbocycles. The van der Waals surface area contributed by atoms with Crippen molar-refractivity contribution >= 4 is 52.4 Å². The van der Waals surface area contributed by atoms with Crippen molar-refractivity contribution in [1.29, 1.82) is 0 Å². The zero-order valence-corrected chi connectivity index (χ0v) is 13.9. The number of hydrogen-bond acceptors (Lipinski definition) is 7. The fourth-order valence-corrected chi connectivity index (χ4v) is 2.66. The van der Waals surface area contributed by atoms with Gasteiger partial charge in [-0.1, -0.05) is 0 Å². The van der Waals surface area contributed by atoms with Gasteiger partial charge < -0.3 is 10.2 Å². The van der Waals surface area contributed by atoms with E-state index < -0.39 is 4.92 Å². The molecule has 0 saturated carbocycles. The molecular formula is C13H13N5O3S2. The summed E-state index contributed by atoms with van der Waals surface area (Å²) in [6.45, 7) is 3.68. The molecule has 10 heteroatoms. The molecule has 120 valence electrons. The zero-order valence-electron chi connectivity index (χ0n) is 12.3. The van der Waals surface area contributed by atoms with Gasteiger partial charge >= 0.3 is 5.88 Å². The van der Waals surface area contributed by atoms with Crippen LogP contribution in [0.3, 0.4) is 0 Å². The third kappa shape index (κ3) is 4.44. The minimum Gasteiger partial charge on any atom is -0.401 e. The van der Waals surface area contributed by atoms with E-state index in [0.717, 1.165) is 15.6 Å². The molecule has 2 rings (SSSR count). The molecule has 2 heterocycles. The van der Waals surface area contributed by atoms with Gasteiger partial charge in [-0.15, -0.1) is 11.3 Å². The van der Waals surface area contributed by atoms with Gasteiger partial charge in [0.1, 0.15) is 15.7 Å². The van der Waals surface area contributed by atoms with Crippen molar-refractivity contribution in [2.24, 2.45) is 10.8 Å². The number of nitrogens with one attached hydrogen (secondary N) is 1. The van der Waals surface area contributed by atoms with Crippen LogP contribution >= 0.6 is 23.6 Å². The van der Waals surface area contributed by atoms with Crippen LogP contribution in [0.5, 0.6) is 0 Å². The topological polar surface area (TPSA) is 120 Å². The van der Waals surface area contributed by atoms with Crippen molar-refractivity contribution in [3.8, 4) is 0 Å². The Morgan fingerprint density at radius 1 is 1.57 bits per heavy atom. The second-order valence-electron chi connectivity index (χ2n) is 4.41. The molecule has 0 aliphatic rings. The lowest BCUT2D eigenvalue weighted by Gasteiger charge is -1.98. The number of thiazole rings is 1. The lowest BCUT2D eigenvalue weighted by molar-refractivity contribution is -0.402. The Morgan fingerprint density at radius 3 is 2.91 bits per heavy atom. The first-order valence-corrected chi connectivity index (χ1v) is 7.59. The van der Waals surface area contributed by atoms with Crippen molar-refractivity contribution in [3.63, 3.8) is 0 Å². The largest absolute Gasteiger partial charge is 0.433 e. The molecule has 23 heavy (non-hydrogen) atoms. The summed E-state index contributed by atoms with van der Waals surface area (Å²) in [5.41, 5.74) is 9.38. The lowest BCUT2D eigenvalue weighted by atomic mass is 10.3. The molecule has 2 aromatic heterocycles. The SMILES string of the molecule is C/C(=N\NC(N)=S)c1sc(/C=C/c2ccc([N+](=O)[O-])o2)nc1C. The van der Waals surface area contributed by atoms with Gasteiger partial charge in [-0.2, -0.15) is 5.10 Å². The van der Waals surface area contributed by atoms with Crippen molar-refractivity contribution in [1.82, 2.24) is 10.4 Å². The summed E-state index contributed by atoms with van der Waals surface area (Å²) < 4.78 is 5.05. The summed E-state index contributed by atoms with van der Waals surface area (Å²) in [4.78, 5) is 15.3. The summed E-state index contributed by atoms with van der Waals surface area (Å²) >= 11 is 6.12. The van der Waals surface area contributed by atoms with E-state index in [2.05, 4.69) is 15.5 Å². The van der Waals surface area contributed by atoms with Crippen molar-refractivity contribution in [2.75, 3.05) is 0 Å². The van der Waals surface area contributed by atoms with Crippen molar-refractivity contribution in [2.45, 2.75) is 13.8 Å². The average Bonchev–Trinajstić information content (AvgIpc) is 3.09. The maximum absolute atomic E-state index is 10.6. The van der Waals surface area contributed by atoms with Gasteiger partial charge in [0, 0.05) is 0 Å². The predicted octanol–water partition coefficient (Wildman–Crippen LogP) is 2.68. The molecule has 0 amide bonds. The van der Waals surface area contributed by atoms with Crippen LogP contribution in [-0.2, 0) is 0 Å². The highest BCUT2D eigenvalue weighted by Crippen LogP contribution is 2.22. The van der Waals surface area contributed by atoms with Crippen LogP contribution in [0.1, 0.15) is 28.3 Å². The van der Waals surface area contributed by atoms with Crippen LogP contribution in [0.2, 0.25) is 0 Å². The second kappa shape index (κ2) is 7.11. The molecule has 0 unspecified atom stereocenters. The normalized spacial score (nSPS) is 11.8. The molecule has 0 fully saturated rings. The Balaban J connectivity index is 2.16. The molecule has 0 bridgehead atoms. The number of aryl methyl sites for hydroxylation is 1. The first-order valence-electron chi connectivity index (χ1n) is 6.36. The molecular weight excluding hydrogens is 338 g/mol. The lowest BCUT2D eigenvalue weighted by Crippen LogP contribution is -2.25. The Bertz CT molecular complexity index is 806. The maximum atomic E-state index is 10.6. The van der Waals surface area contributed by atoms with Crippen molar-refractivity contribution in [3.05, 3.63) is 43.6 Å². The number of nitrogens with zero attached hydrogens (tertiary/aromatic N) is 3. The van der Waals surface area contributed by atoms with Crippen LogP contribution < -0.4 is 11.2 Å². The third-order valence-electron chi connectivity index (χ3n) is 2.66. The third-order valence-corrected chi connectivity index (χ3v) is 3.98. The van der Waals surface area contributed by atoms with Crippen LogP contribution in [0.15, 0.2) is 21.7 Å². The number of thiocarbonyl (C=S) groups is 1. The van der Waals surface area contributed by atoms with Crippen LogP contribution in [0.25, 0.3) is 12.2 Å². The highest BCUT2D eigenvalue weighted by atomic mass is 32.1. The maximum Gasteiger partial charge on any atom is 0.433 e. The van der Waals surface area contributed by atoms with Crippen LogP contribution in [0, 0.1) is 17.0 Å². The van der Waals surface area contributed by atoms with E-state index in [1.54, 1.807) is 12.2 Å². The number of nitrogens with two attached hydrogens (primary N) is 1. The standard InChI is InChI=1S/C13H13N5O3S2/c1-7-12(8(2)16-17-13(14)22)23-10(15-7)5-3-9-4-6-11(21-9)18(19)20/h3-6H,1-2H3,(H3,14,17,22)/b5-3+,16-8+. The number of nitro groups is 1. The van der Waals surface area contributed by atoms with Gasteiger partial charge in [-0.3, -0.25) is 15.5 Å². The molecule has 2 aromatic rings. The van der Waals surface area contributed by atoms with Crippen molar-refractivity contribution < 1.29 is 9.34 Å². The summed E-state index contributed by atoms with van der Waals surface area (Å²) in [6.07, 6.45) is 3.34. The highest BCUT2D eigenvalue weighted by molar-refractivity contribution is 7.80. The quantitative estimate of drug-likeness (QED) is 0.368. The summed E-state index contributed by atoms with van der Waals surface area (Å²) in [5.74, 6) is 0.0825. The van der Waals surface area contributed by atoms with E-state index in [1.165, 1.54) is 23.5 Å². The summed E-state index contributed by atoms with van der Waals surface area (Å²) in [7, 11) is 0. The Morgan fingerprint density at radius 2 is 2.30 bits per heavy atom. The summed E-state index contributed by atoms with van der Waals surface area (Å²) in [5, 5.41) is 15.4. The number of hydrogen-bond donors (Lipinski definition) is 2. The van der Waals surface area contributed by atoms with Gasteiger partial charge in [0.05, 0.1) is 22.3 Å². The number of aromatic nitrogens is 1. The minimum absolute atomic E-state index is 0.0889. The smallest absolute Gasteiger partial charge is 0.401 e. The molecule has 3 N–H and O–H groups in total. The predicted molar refractivity (Wildman–Crippen MR) is 93.3 cm³/mol. The molecule has 0 aliphatic carbocycles. The van der Waals surface area contributed by atoms with Gasteiger partial charge in [-0.05, 0) is 44.3 Å². The molecule has 0 radical (unpaired) electrons. The Labute approximate surface area is 140 Å². The van der Waals surface area contributed by atoms with Gasteiger partial charge in [-0.25, -0.2) is 4.98 Å². The molecule has 0 atom stereocenters. The number of hydrazone groups is 1. The monoisotopic (exact) mass is 351 g/mol. The van der Waals surface area contributed by atoms with E-state index in [-0.39, 0.29) is 11.0 Å². The fraction of sp³-hybridized carbons (Fsp3) is 0.154. The minimum atomic E-state index is -0.586. The van der Waals surface area contributed by atoms with E-state index in [4.69, 9.17) is 22.4 Å². The molecule has 0 aliphatic heterocycles. The molecule has 0 spiro atoms. The van der Waals surface area contributed by atoms with Gasteiger partial charge in [0.25, 0.3) is 0 Å². The first kappa shape index (κ1) is 16.8. The second-order valence-corrected chi connectivity index (χ2v) is 5.88. The van der Waals surface area contributed by atoms with Crippen LogP contribution in [0.4, 0.5) is 5.88 Å². The van der Waals surface area contributed by atoms with Gasteiger partial charge in [0.2, 0.25) is 0 Å². The number of furan rings is 1. The highest BCUT2D eigenvalue weighted by Gasteiger charge is 2.11. The van der Waals surface area contributed by atoms with Crippen LogP contribution in [-0.4, -0.2) is 20.7 Å². The molecule has 0 saturated heterocycles. The fourth-order valence-electron chi connectivity index (χ4n) is 1.70. The molecule has 8 nitrogen and oxygen atoms in total. The average molecular weight is 351 g/mol. The van der Waals surface area contributed by atoms with E-state index >= 15 is 0 Å². The van der Waals surface area contributed by atoms with E-state index in [0.29, 0.717) is 11.5 Å². The van der Waals surface area contributed by atoms with E-state index in [9.17, 15) is 10.1 Å². The first-order chi connectivity index (χ1) is 10.9. The number of rotatable bonds is 5.